The molecule has 5 nitrogen and oxygen atoms in total. The van der Waals surface area contributed by atoms with Crippen LogP contribution in [0.1, 0.15) is 49.9 Å². The lowest BCUT2D eigenvalue weighted by atomic mass is 9.99. The first-order chi connectivity index (χ1) is 13.0. The molecule has 0 aliphatic carbocycles. The first kappa shape index (κ1) is 21.0. The summed E-state index contributed by atoms with van der Waals surface area (Å²) in [7, 11) is -3.63. The Morgan fingerprint density at radius 1 is 1.00 bits per heavy atom. The van der Waals surface area contributed by atoms with E-state index >= 15 is 0 Å². The van der Waals surface area contributed by atoms with Crippen molar-refractivity contribution in [3.05, 3.63) is 60.2 Å². The van der Waals surface area contributed by atoms with Gasteiger partial charge < -0.3 is 5.32 Å². The zero-order valence-electron chi connectivity index (χ0n) is 15.9. The molecule has 0 saturated heterocycles. The number of hydrogen-bond donors (Lipinski definition) is 2. The van der Waals surface area contributed by atoms with E-state index in [-0.39, 0.29) is 10.8 Å². The van der Waals surface area contributed by atoms with Crippen molar-refractivity contribution < 1.29 is 13.2 Å². The molecule has 0 aliphatic heterocycles. The molecule has 0 aliphatic rings. The molecule has 0 radical (unpaired) electrons. The van der Waals surface area contributed by atoms with Gasteiger partial charge in [-0.05, 0) is 48.7 Å². The van der Waals surface area contributed by atoms with Gasteiger partial charge in [0.2, 0.25) is 0 Å². The van der Waals surface area contributed by atoms with Crippen LogP contribution in [0, 0.1) is 5.92 Å². The summed E-state index contributed by atoms with van der Waals surface area (Å²) in [4.78, 5) is 12.5. The number of amides is 1. The average molecular weight is 389 g/mol. The number of benzene rings is 2. The van der Waals surface area contributed by atoms with Crippen LogP contribution >= 0.6 is 0 Å². The molecule has 0 fully saturated rings. The van der Waals surface area contributed by atoms with E-state index in [1.54, 1.807) is 42.5 Å². The van der Waals surface area contributed by atoms with Crippen molar-refractivity contribution in [3.8, 4) is 0 Å². The molecule has 2 rings (SSSR count). The summed E-state index contributed by atoms with van der Waals surface area (Å²) in [5, 5.41) is 2.97. The molecule has 0 saturated carbocycles. The number of anilines is 1. The van der Waals surface area contributed by atoms with Crippen molar-refractivity contribution in [1.82, 2.24) is 5.32 Å². The van der Waals surface area contributed by atoms with Crippen molar-refractivity contribution in [2.75, 3.05) is 11.3 Å². The highest BCUT2D eigenvalue weighted by Crippen LogP contribution is 2.17. The number of nitrogens with one attached hydrogen (secondary N) is 2. The number of carbonyl (C=O) groups excluding carboxylic acids is 1. The predicted octanol–water partition coefficient (Wildman–Crippen LogP) is 4.43. The molecular formula is C21H28N2O3S. The third-order valence-electron chi connectivity index (χ3n) is 4.55. The monoisotopic (exact) mass is 388 g/mol. The van der Waals surface area contributed by atoms with E-state index in [4.69, 9.17) is 0 Å². The quantitative estimate of drug-likeness (QED) is 0.632. The van der Waals surface area contributed by atoms with Gasteiger partial charge in [-0.15, -0.1) is 0 Å². The van der Waals surface area contributed by atoms with Gasteiger partial charge in [0.25, 0.3) is 15.9 Å². The van der Waals surface area contributed by atoms with Crippen LogP contribution in [0.3, 0.4) is 0 Å². The highest BCUT2D eigenvalue weighted by Gasteiger charge is 2.14. The maximum Gasteiger partial charge on any atom is 0.261 e. The molecule has 0 heterocycles. The van der Waals surface area contributed by atoms with Gasteiger partial charge >= 0.3 is 0 Å². The zero-order chi connectivity index (χ0) is 19.7. The second-order valence-electron chi connectivity index (χ2n) is 6.62. The molecule has 2 N–H and O–H groups in total. The van der Waals surface area contributed by atoms with Crippen LogP contribution in [0.4, 0.5) is 5.69 Å². The molecule has 0 spiro atoms. The lowest BCUT2D eigenvalue weighted by Gasteiger charge is -2.15. The summed E-state index contributed by atoms with van der Waals surface area (Å²) in [5.74, 6) is 0.355. The number of rotatable bonds is 10. The SMILES string of the molecule is CCCCC(CC)CNC(=O)c1ccc(NS(=O)(=O)c2ccccc2)cc1. The van der Waals surface area contributed by atoms with Crippen LogP contribution in [0.2, 0.25) is 0 Å². The number of unbranched alkanes of at least 4 members (excludes halogenated alkanes) is 1. The minimum absolute atomic E-state index is 0.137. The summed E-state index contributed by atoms with van der Waals surface area (Å²) >= 11 is 0. The fourth-order valence-corrected chi connectivity index (χ4v) is 3.87. The van der Waals surface area contributed by atoms with E-state index in [9.17, 15) is 13.2 Å². The minimum Gasteiger partial charge on any atom is -0.352 e. The topological polar surface area (TPSA) is 75.3 Å². The van der Waals surface area contributed by atoms with Crippen molar-refractivity contribution in [3.63, 3.8) is 0 Å². The molecule has 1 amide bonds. The third kappa shape index (κ3) is 6.40. The predicted molar refractivity (Wildman–Crippen MR) is 109 cm³/mol. The Balaban J connectivity index is 1.95. The Morgan fingerprint density at radius 2 is 1.67 bits per heavy atom. The molecule has 2 aromatic rings. The Kier molecular flexibility index (Phi) is 7.85. The van der Waals surface area contributed by atoms with Crippen molar-refractivity contribution in [1.29, 1.82) is 0 Å². The van der Waals surface area contributed by atoms with Crippen molar-refractivity contribution in [2.24, 2.45) is 5.92 Å². The van der Waals surface area contributed by atoms with Crippen LogP contribution in [0.15, 0.2) is 59.5 Å². The van der Waals surface area contributed by atoms with Crippen molar-refractivity contribution in [2.45, 2.75) is 44.4 Å². The first-order valence-corrected chi connectivity index (χ1v) is 10.9. The summed E-state index contributed by atoms with van der Waals surface area (Å²) in [6, 6.07) is 14.6. The highest BCUT2D eigenvalue weighted by molar-refractivity contribution is 7.92. The van der Waals surface area contributed by atoms with E-state index in [1.165, 1.54) is 18.6 Å². The Bertz CT molecular complexity index is 818. The molecule has 1 atom stereocenters. The Morgan fingerprint density at radius 3 is 2.26 bits per heavy atom. The van der Waals surface area contributed by atoms with Crippen LogP contribution in [-0.4, -0.2) is 20.9 Å². The summed E-state index contributed by atoms with van der Waals surface area (Å²) in [6.45, 7) is 4.97. The third-order valence-corrected chi connectivity index (χ3v) is 5.94. The fourth-order valence-electron chi connectivity index (χ4n) is 2.79. The van der Waals surface area contributed by atoms with Gasteiger partial charge in [-0.3, -0.25) is 9.52 Å². The summed E-state index contributed by atoms with van der Waals surface area (Å²) in [5.41, 5.74) is 0.938. The van der Waals surface area contributed by atoms with Gasteiger partial charge in [-0.25, -0.2) is 8.42 Å². The second-order valence-corrected chi connectivity index (χ2v) is 8.30. The van der Waals surface area contributed by atoms with Crippen molar-refractivity contribution >= 4 is 21.6 Å². The molecule has 1 unspecified atom stereocenters. The van der Waals surface area contributed by atoms with Gasteiger partial charge in [0.05, 0.1) is 4.90 Å². The summed E-state index contributed by atoms with van der Waals surface area (Å²) in [6.07, 6.45) is 4.49. The lowest BCUT2D eigenvalue weighted by Crippen LogP contribution is -2.29. The van der Waals surface area contributed by atoms with E-state index < -0.39 is 10.0 Å². The second kappa shape index (κ2) is 10.1. The first-order valence-electron chi connectivity index (χ1n) is 9.42. The fraction of sp³-hybridized carbons (Fsp3) is 0.381. The maximum absolute atomic E-state index is 12.3. The number of carbonyl (C=O) groups is 1. The van der Waals surface area contributed by atoms with Crippen LogP contribution < -0.4 is 10.0 Å². The lowest BCUT2D eigenvalue weighted by molar-refractivity contribution is 0.0946. The van der Waals surface area contributed by atoms with Crippen LogP contribution in [-0.2, 0) is 10.0 Å². The zero-order valence-corrected chi connectivity index (χ0v) is 16.8. The molecule has 0 bridgehead atoms. The standard InChI is InChI=1S/C21H28N2O3S/c1-3-5-9-17(4-2)16-22-21(24)18-12-14-19(15-13-18)23-27(25,26)20-10-7-6-8-11-20/h6-8,10-15,17,23H,3-5,9,16H2,1-2H3,(H,22,24). The molecule has 2 aromatic carbocycles. The number of hydrogen-bond acceptors (Lipinski definition) is 3. The van der Waals surface area contributed by atoms with E-state index in [2.05, 4.69) is 23.9 Å². The van der Waals surface area contributed by atoms with Crippen LogP contribution in [0.5, 0.6) is 0 Å². The van der Waals surface area contributed by atoms with Gasteiger partial charge in [-0.1, -0.05) is 51.3 Å². The maximum atomic E-state index is 12.3. The van der Waals surface area contributed by atoms with E-state index in [0.29, 0.717) is 23.7 Å². The average Bonchev–Trinajstić information content (AvgIpc) is 2.69. The smallest absolute Gasteiger partial charge is 0.261 e. The largest absolute Gasteiger partial charge is 0.352 e. The molecule has 6 heteroatoms. The molecule has 146 valence electrons. The summed E-state index contributed by atoms with van der Waals surface area (Å²) < 4.78 is 27.2. The Hall–Kier alpha value is -2.34. The highest BCUT2D eigenvalue weighted by atomic mass is 32.2. The van der Waals surface area contributed by atoms with E-state index in [0.717, 1.165) is 19.3 Å². The minimum atomic E-state index is -3.63. The molecule has 27 heavy (non-hydrogen) atoms. The number of sulfonamides is 1. The Labute approximate surface area is 162 Å². The molecule has 0 aromatic heterocycles. The molecular weight excluding hydrogens is 360 g/mol. The van der Waals surface area contributed by atoms with Gasteiger partial charge in [0.15, 0.2) is 0 Å². The van der Waals surface area contributed by atoms with E-state index in [1.807, 2.05) is 0 Å². The van der Waals surface area contributed by atoms with Gasteiger partial charge in [-0.2, -0.15) is 0 Å². The normalized spacial score (nSPS) is 12.4. The van der Waals surface area contributed by atoms with Gasteiger partial charge in [0.1, 0.15) is 0 Å². The van der Waals surface area contributed by atoms with Crippen LogP contribution in [0.25, 0.3) is 0 Å². The van der Waals surface area contributed by atoms with Gasteiger partial charge in [0, 0.05) is 17.8 Å².